The normalized spacial score (nSPS) is 14.4. The summed E-state index contributed by atoms with van der Waals surface area (Å²) in [6.07, 6.45) is 0.904. The van der Waals surface area contributed by atoms with Crippen molar-refractivity contribution in [3.8, 4) is 5.75 Å². The van der Waals surface area contributed by atoms with Crippen molar-refractivity contribution >= 4 is 28.1 Å². The molecule has 1 aromatic heterocycles. The number of benzene rings is 2. The third kappa shape index (κ3) is 2.91. The molecule has 2 aromatic carbocycles. The number of anilines is 1. The predicted molar refractivity (Wildman–Crippen MR) is 112 cm³/mol. The minimum Gasteiger partial charge on any atom is -0.509 e. The number of aliphatic hydroxyl groups excluding tert-OH is 1. The lowest BCUT2D eigenvalue weighted by Gasteiger charge is -2.22. The molecule has 0 fully saturated rings. The lowest BCUT2D eigenvalue weighted by atomic mass is 10.2. The summed E-state index contributed by atoms with van der Waals surface area (Å²) in [5.41, 5.74) is 3.11. The van der Waals surface area contributed by atoms with Crippen molar-refractivity contribution in [1.82, 2.24) is 9.55 Å². The Balaban J connectivity index is 1.75. The molecule has 0 saturated carbocycles. The summed E-state index contributed by atoms with van der Waals surface area (Å²) >= 11 is 0. The van der Waals surface area contributed by atoms with Gasteiger partial charge in [0.05, 0.1) is 35.4 Å². The molecule has 0 aliphatic carbocycles. The van der Waals surface area contributed by atoms with E-state index < -0.39 is 0 Å². The number of rotatable bonds is 6. The van der Waals surface area contributed by atoms with Crippen LogP contribution in [-0.4, -0.2) is 33.6 Å². The fraction of sp³-hybridized carbons (Fsp3) is 0.273. The Morgan fingerprint density at radius 1 is 1.11 bits per heavy atom. The molecule has 0 spiro atoms. The lowest BCUT2D eigenvalue weighted by Crippen LogP contribution is -2.27. The Hall–Kier alpha value is -3.28. The molecule has 0 bridgehead atoms. The van der Waals surface area contributed by atoms with Gasteiger partial charge in [0.15, 0.2) is 0 Å². The highest BCUT2D eigenvalue weighted by molar-refractivity contribution is 6.30. The molecule has 0 amide bonds. The van der Waals surface area contributed by atoms with Crippen LogP contribution in [0.15, 0.2) is 54.3 Å². The van der Waals surface area contributed by atoms with Crippen LogP contribution in [0.4, 0.5) is 5.69 Å². The average molecular weight is 376 g/mol. The monoisotopic (exact) mass is 376 g/mol. The Morgan fingerprint density at radius 2 is 1.86 bits per heavy atom. The number of imidazole rings is 1. The van der Waals surface area contributed by atoms with Crippen LogP contribution in [0.25, 0.3) is 16.6 Å². The van der Waals surface area contributed by atoms with E-state index in [-0.39, 0.29) is 18.1 Å². The number of para-hydroxylation sites is 4. The van der Waals surface area contributed by atoms with E-state index in [9.17, 15) is 5.11 Å². The lowest BCUT2D eigenvalue weighted by molar-refractivity contribution is 0.318. The molecule has 28 heavy (non-hydrogen) atoms. The summed E-state index contributed by atoms with van der Waals surface area (Å²) in [6, 6.07) is 15.5. The van der Waals surface area contributed by atoms with Crippen molar-refractivity contribution in [1.29, 1.82) is 5.41 Å². The van der Waals surface area contributed by atoms with E-state index in [0.717, 1.165) is 23.1 Å². The van der Waals surface area contributed by atoms with Gasteiger partial charge in [-0.25, -0.2) is 4.98 Å². The Kier molecular flexibility index (Phi) is 4.77. The number of nitrogens with one attached hydrogen (secondary N) is 1. The van der Waals surface area contributed by atoms with E-state index in [1.165, 1.54) is 0 Å². The second kappa shape index (κ2) is 7.38. The molecule has 6 nitrogen and oxygen atoms in total. The molecule has 0 saturated heterocycles. The second-order valence-electron chi connectivity index (χ2n) is 6.74. The molecule has 2 N–H and O–H groups in total. The van der Waals surface area contributed by atoms with Gasteiger partial charge >= 0.3 is 0 Å². The van der Waals surface area contributed by atoms with Gasteiger partial charge in [-0.15, -0.1) is 0 Å². The molecule has 3 aromatic rings. The standard InChI is InChI=1S/C22H24N4O2/c1-3-13-28-19-12-8-7-11-17(19)26-14-18(27)20(21(26)23)22-24-15-9-5-6-10-16(15)25(22)4-2/h5-12,23,27H,3-4,13-14H2,1-2H3. The summed E-state index contributed by atoms with van der Waals surface area (Å²) in [5.74, 6) is 1.73. The maximum Gasteiger partial charge on any atom is 0.148 e. The van der Waals surface area contributed by atoms with Crippen LogP contribution in [0.2, 0.25) is 0 Å². The van der Waals surface area contributed by atoms with E-state index in [0.29, 0.717) is 30.3 Å². The largest absolute Gasteiger partial charge is 0.509 e. The number of amidine groups is 1. The van der Waals surface area contributed by atoms with Gasteiger partial charge in [0, 0.05) is 6.54 Å². The van der Waals surface area contributed by atoms with Gasteiger partial charge in [-0.05, 0) is 37.6 Å². The molecule has 1 aliphatic rings. The number of hydrogen-bond acceptors (Lipinski definition) is 4. The van der Waals surface area contributed by atoms with Crippen LogP contribution in [0, 0.1) is 5.41 Å². The molecule has 0 radical (unpaired) electrons. The van der Waals surface area contributed by atoms with Crippen LogP contribution >= 0.6 is 0 Å². The number of aromatic nitrogens is 2. The summed E-state index contributed by atoms with van der Waals surface area (Å²) in [6.45, 7) is 5.64. The van der Waals surface area contributed by atoms with Crippen LogP contribution in [0.5, 0.6) is 5.75 Å². The third-order valence-electron chi connectivity index (χ3n) is 4.92. The van der Waals surface area contributed by atoms with Crippen molar-refractivity contribution in [2.75, 3.05) is 18.1 Å². The number of nitrogens with zero attached hydrogens (tertiary/aromatic N) is 3. The number of ether oxygens (including phenoxy) is 1. The Bertz CT molecular complexity index is 1070. The van der Waals surface area contributed by atoms with Crippen molar-refractivity contribution in [2.45, 2.75) is 26.8 Å². The smallest absolute Gasteiger partial charge is 0.148 e. The summed E-state index contributed by atoms with van der Waals surface area (Å²) in [4.78, 5) is 6.49. The molecule has 144 valence electrons. The SMILES string of the molecule is CCCOc1ccccc1N1CC(O)=C(c2nc3ccccc3n2CC)C1=N. The van der Waals surface area contributed by atoms with Crippen molar-refractivity contribution < 1.29 is 9.84 Å². The van der Waals surface area contributed by atoms with Gasteiger partial charge in [0.2, 0.25) is 0 Å². The average Bonchev–Trinajstić information content (AvgIpc) is 3.22. The maximum absolute atomic E-state index is 10.8. The van der Waals surface area contributed by atoms with E-state index in [2.05, 4.69) is 6.92 Å². The zero-order valence-electron chi connectivity index (χ0n) is 16.1. The van der Waals surface area contributed by atoms with Crippen LogP contribution < -0.4 is 9.64 Å². The van der Waals surface area contributed by atoms with Crippen molar-refractivity contribution in [3.05, 3.63) is 60.1 Å². The fourth-order valence-electron chi connectivity index (χ4n) is 3.62. The highest BCUT2D eigenvalue weighted by Crippen LogP contribution is 2.36. The van der Waals surface area contributed by atoms with Crippen LogP contribution in [-0.2, 0) is 6.54 Å². The number of aryl methyl sites for hydroxylation is 1. The van der Waals surface area contributed by atoms with Gasteiger partial charge in [-0.2, -0.15) is 0 Å². The quantitative estimate of drug-likeness (QED) is 0.659. The molecular weight excluding hydrogens is 352 g/mol. The zero-order valence-corrected chi connectivity index (χ0v) is 16.1. The molecule has 6 heteroatoms. The molecule has 1 aliphatic heterocycles. The van der Waals surface area contributed by atoms with Crippen molar-refractivity contribution in [2.24, 2.45) is 0 Å². The first-order valence-electron chi connectivity index (χ1n) is 9.61. The summed E-state index contributed by atoms with van der Waals surface area (Å²) in [5, 5.41) is 19.5. The van der Waals surface area contributed by atoms with Gasteiger partial charge in [0.25, 0.3) is 0 Å². The molecule has 0 unspecified atom stereocenters. The fourth-order valence-corrected chi connectivity index (χ4v) is 3.62. The van der Waals surface area contributed by atoms with E-state index in [1.54, 1.807) is 4.90 Å². The minimum absolute atomic E-state index is 0.153. The Labute approximate surface area is 164 Å². The topological polar surface area (TPSA) is 74.4 Å². The molecule has 4 rings (SSSR count). The highest BCUT2D eigenvalue weighted by atomic mass is 16.5. The zero-order chi connectivity index (χ0) is 19.7. The summed E-state index contributed by atoms with van der Waals surface area (Å²) in [7, 11) is 0. The maximum atomic E-state index is 10.8. The molecule has 0 atom stereocenters. The molecular formula is C22H24N4O2. The highest BCUT2D eigenvalue weighted by Gasteiger charge is 2.33. The first kappa shape index (κ1) is 18.1. The van der Waals surface area contributed by atoms with Gasteiger partial charge in [-0.3, -0.25) is 5.41 Å². The van der Waals surface area contributed by atoms with Gasteiger partial charge < -0.3 is 19.3 Å². The van der Waals surface area contributed by atoms with Crippen molar-refractivity contribution in [3.63, 3.8) is 0 Å². The molecule has 2 heterocycles. The first-order chi connectivity index (χ1) is 13.7. The number of fused-ring (bicyclic) bond motifs is 1. The van der Waals surface area contributed by atoms with E-state index in [4.69, 9.17) is 15.1 Å². The van der Waals surface area contributed by atoms with E-state index >= 15 is 0 Å². The summed E-state index contributed by atoms with van der Waals surface area (Å²) < 4.78 is 7.90. The third-order valence-corrected chi connectivity index (χ3v) is 4.92. The van der Waals surface area contributed by atoms with E-state index in [1.807, 2.05) is 60.0 Å². The number of aliphatic hydroxyl groups is 1. The number of hydrogen-bond donors (Lipinski definition) is 2. The minimum atomic E-state index is 0.153. The van der Waals surface area contributed by atoms with Gasteiger partial charge in [-0.1, -0.05) is 31.2 Å². The van der Waals surface area contributed by atoms with Crippen LogP contribution in [0.3, 0.4) is 0 Å². The Morgan fingerprint density at radius 3 is 2.64 bits per heavy atom. The van der Waals surface area contributed by atoms with Crippen LogP contribution in [0.1, 0.15) is 26.1 Å². The second-order valence-corrected chi connectivity index (χ2v) is 6.74. The van der Waals surface area contributed by atoms with Gasteiger partial charge in [0.1, 0.15) is 23.2 Å². The first-order valence-corrected chi connectivity index (χ1v) is 9.61. The predicted octanol–water partition coefficient (Wildman–Crippen LogP) is 4.61.